The number of para-hydroxylation sites is 1. The zero-order valence-corrected chi connectivity index (χ0v) is 17.9. The third-order valence-electron chi connectivity index (χ3n) is 3.97. The maximum Gasteiger partial charge on any atom is 0.343 e. The van der Waals surface area contributed by atoms with Crippen molar-refractivity contribution in [2.24, 2.45) is 0 Å². The summed E-state index contributed by atoms with van der Waals surface area (Å²) in [6.45, 7) is 12.8. The molecule has 2 aromatic rings. The summed E-state index contributed by atoms with van der Waals surface area (Å²) in [7, 11) is -0.429. The minimum absolute atomic E-state index is 0.0853. The Morgan fingerprint density at radius 3 is 1.96 bits per heavy atom. The van der Waals surface area contributed by atoms with Crippen molar-refractivity contribution in [1.82, 2.24) is 0 Å². The van der Waals surface area contributed by atoms with Crippen LogP contribution in [0.3, 0.4) is 0 Å². The number of rotatable bonds is 4. The molecule has 26 heavy (non-hydrogen) atoms. The Labute approximate surface area is 163 Å². The molecule has 3 nitrogen and oxygen atoms in total. The summed E-state index contributed by atoms with van der Waals surface area (Å²) in [4.78, 5) is 12.2. The highest BCUT2D eigenvalue weighted by Gasteiger charge is 2.27. The number of carbonyl (C=O) groups excluding carboxylic acids is 1. The average molecular weight is 393 g/mol. The van der Waals surface area contributed by atoms with E-state index in [9.17, 15) is 4.79 Å². The Balaban J connectivity index is 2.22. The van der Waals surface area contributed by atoms with Gasteiger partial charge in [0.15, 0.2) is 0 Å². The standard InChI is InChI=1S/C21H26ClO3P/c1-20(2,3)16-11-8-12-17(21(4,5)6)18(16)24-26-25-19(23)14-9-7-10-15(22)13-14/h7-13,26H,1-6H3. The molecule has 1 atom stereocenters. The molecular formula is C21H26ClO3P. The van der Waals surface area contributed by atoms with Crippen LogP contribution in [0.15, 0.2) is 42.5 Å². The van der Waals surface area contributed by atoms with E-state index in [2.05, 4.69) is 59.7 Å². The Kier molecular flexibility index (Phi) is 6.37. The van der Waals surface area contributed by atoms with Gasteiger partial charge in [0.05, 0.1) is 5.56 Å². The maximum atomic E-state index is 12.2. The van der Waals surface area contributed by atoms with Crippen LogP contribution in [-0.4, -0.2) is 5.97 Å². The minimum Gasteiger partial charge on any atom is -0.440 e. The predicted molar refractivity (Wildman–Crippen MR) is 110 cm³/mol. The topological polar surface area (TPSA) is 35.5 Å². The van der Waals surface area contributed by atoms with Gasteiger partial charge in [-0.15, -0.1) is 0 Å². The number of carbonyl (C=O) groups is 1. The quantitative estimate of drug-likeness (QED) is 0.544. The second-order valence-electron chi connectivity index (χ2n) is 8.27. The van der Waals surface area contributed by atoms with Crippen molar-refractivity contribution in [3.63, 3.8) is 0 Å². The summed E-state index contributed by atoms with van der Waals surface area (Å²) in [5.41, 5.74) is 2.43. The SMILES string of the molecule is CC(C)(C)c1cccc(C(C)(C)C)c1OPOC(=O)c1cccc(Cl)c1. The minimum atomic E-state index is -0.448. The van der Waals surface area contributed by atoms with Crippen molar-refractivity contribution in [3.05, 3.63) is 64.2 Å². The summed E-state index contributed by atoms with van der Waals surface area (Å²) >= 11 is 5.92. The van der Waals surface area contributed by atoms with Gasteiger partial charge in [0, 0.05) is 16.1 Å². The molecule has 0 bridgehead atoms. The number of benzene rings is 2. The van der Waals surface area contributed by atoms with Gasteiger partial charge in [0.25, 0.3) is 9.03 Å². The molecule has 0 saturated carbocycles. The summed E-state index contributed by atoms with van der Waals surface area (Å²) in [6.07, 6.45) is 0. The molecule has 0 spiro atoms. The number of hydrogen-bond donors (Lipinski definition) is 0. The van der Waals surface area contributed by atoms with Crippen molar-refractivity contribution < 1.29 is 13.8 Å². The van der Waals surface area contributed by atoms with Crippen LogP contribution in [-0.2, 0) is 15.4 Å². The van der Waals surface area contributed by atoms with Crippen LogP contribution < -0.4 is 4.52 Å². The lowest BCUT2D eigenvalue weighted by Gasteiger charge is -2.29. The van der Waals surface area contributed by atoms with Crippen molar-refractivity contribution in [2.45, 2.75) is 52.4 Å². The summed E-state index contributed by atoms with van der Waals surface area (Å²) in [5.74, 6) is 0.348. The summed E-state index contributed by atoms with van der Waals surface area (Å²) < 4.78 is 11.3. The highest BCUT2D eigenvalue weighted by molar-refractivity contribution is 7.27. The van der Waals surface area contributed by atoms with Crippen LogP contribution in [0.4, 0.5) is 0 Å². The fraction of sp³-hybridized carbons (Fsp3) is 0.381. The zero-order valence-electron chi connectivity index (χ0n) is 16.1. The van der Waals surface area contributed by atoms with Gasteiger partial charge in [-0.1, -0.05) is 77.4 Å². The van der Waals surface area contributed by atoms with Crippen molar-refractivity contribution in [3.8, 4) is 5.75 Å². The molecule has 5 heteroatoms. The Hall–Kier alpha value is -1.57. The molecule has 0 aliphatic rings. The molecule has 2 aromatic carbocycles. The molecule has 0 radical (unpaired) electrons. The van der Waals surface area contributed by atoms with Gasteiger partial charge in [-0.05, 0) is 29.0 Å². The van der Waals surface area contributed by atoms with Gasteiger partial charge in [-0.2, -0.15) is 0 Å². The molecule has 0 aliphatic heterocycles. The molecule has 0 aliphatic carbocycles. The lowest BCUT2D eigenvalue weighted by Crippen LogP contribution is -2.18. The normalized spacial score (nSPS) is 12.4. The fourth-order valence-corrected chi connectivity index (χ4v) is 3.33. The van der Waals surface area contributed by atoms with Crippen molar-refractivity contribution in [1.29, 1.82) is 0 Å². The average Bonchev–Trinajstić information content (AvgIpc) is 2.52. The molecular weight excluding hydrogens is 367 g/mol. The van der Waals surface area contributed by atoms with Crippen LogP contribution in [0.25, 0.3) is 0 Å². The molecule has 0 fully saturated rings. The van der Waals surface area contributed by atoms with Crippen LogP contribution in [0, 0.1) is 0 Å². The van der Waals surface area contributed by atoms with Crippen LogP contribution in [0.5, 0.6) is 5.75 Å². The van der Waals surface area contributed by atoms with Gasteiger partial charge in [-0.25, -0.2) is 4.79 Å². The lowest BCUT2D eigenvalue weighted by molar-refractivity contribution is 0.0749. The van der Waals surface area contributed by atoms with Gasteiger partial charge in [0.2, 0.25) is 0 Å². The molecule has 140 valence electrons. The first-order valence-corrected chi connectivity index (χ1v) is 9.72. The molecule has 0 heterocycles. The fourth-order valence-electron chi connectivity index (χ4n) is 2.60. The molecule has 2 rings (SSSR count). The third-order valence-corrected chi connectivity index (χ3v) is 4.76. The van der Waals surface area contributed by atoms with E-state index in [0.717, 1.165) is 16.9 Å². The van der Waals surface area contributed by atoms with Gasteiger partial charge in [0.1, 0.15) is 5.75 Å². The maximum absolute atomic E-state index is 12.2. The van der Waals surface area contributed by atoms with E-state index in [4.69, 9.17) is 20.6 Å². The highest BCUT2D eigenvalue weighted by atomic mass is 35.5. The van der Waals surface area contributed by atoms with Crippen LogP contribution >= 0.6 is 20.6 Å². The number of hydrogen-bond acceptors (Lipinski definition) is 3. The predicted octanol–water partition coefficient (Wildman–Crippen LogP) is 6.68. The van der Waals surface area contributed by atoms with Crippen LogP contribution in [0.2, 0.25) is 5.02 Å². The zero-order chi connectivity index (χ0) is 19.5. The van der Waals surface area contributed by atoms with Crippen molar-refractivity contribution in [2.75, 3.05) is 0 Å². The van der Waals surface area contributed by atoms with E-state index >= 15 is 0 Å². The first-order valence-electron chi connectivity index (χ1n) is 8.52. The van der Waals surface area contributed by atoms with Gasteiger partial charge >= 0.3 is 5.97 Å². The van der Waals surface area contributed by atoms with Gasteiger partial charge < -0.3 is 9.05 Å². The second kappa shape index (κ2) is 7.98. The van der Waals surface area contributed by atoms with E-state index < -0.39 is 15.0 Å². The van der Waals surface area contributed by atoms with E-state index in [1.54, 1.807) is 24.3 Å². The third kappa shape index (κ3) is 5.22. The van der Waals surface area contributed by atoms with Crippen molar-refractivity contribution >= 4 is 26.6 Å². The first-order chi connectivity index (χ1) is 12.0. The van der Waals surface area contributed by atoms with E-state index in [1.807, 2.05) is 0 Å². The Morgan fingerprint density at radius 2 is 1.46 bits per heavy atom. The first kappa shape index (κ1) is 20.7. The number of halogens is 1. The van der Waals surface area contributed by atoms with E-state index in [0.29, 0.717) is 10.6 Å². The molecule has 1 unspecified atom stereocenters. The summed E-state index contributed by atoms with van der Waals surface area (Å²) in [6, 6.07) is 12.9. The largest absolute Gasteiger partial charge is 0.440 e. The monoisotopic (exact) mass is 392 g/mol. The Morgan fingerprint density at radius 1 is 0.923 bits per heavy atom. The molecule has 0 N–H and O–H groups in total. The lowest BCUT2D eigenvalue weighted by atomic mass is 9.80. The second-order valence-corrected chi connectivity index (χ2v) is 9.28. The van der Waals surface area contributed by atoms with E-state index in [-0.39, 0.29) is 10.8 Å². The smallest absolute Gasteiger partial charge is 0.343 e. The summed E-state index contributed by atoms with van der Waals surface area (Å²) in [5, 5.41) is 0.497. The highest BCUT2D eigenvalue weighted by Crippen LogP contribution is 2.42. The Bertz CT molecular complexity index is 756. The van der Waals surface area contributed by atoms with E-state index in [1.165, 1.54) is 0 Å². The van der Waals surface area contributed by atoms with Gasteiger partial charge in [-0.3, -0.25) is 0 Å². The van der Waals surface area contributed by atoms with Crippen LogP contribution in [0.1, 0.15) is 63.0 Å². The molecule has 0 aromatic heterocycles. The molecule has 0 saturated heterocycles. The molecule has 0 amide bonds.